The highest BCUT2D eigenvalue weighted by molar-refractivity contribution is 5.92. The van der Waals surface area contributed by atoms with E-state index in [0.717, 1.165) is 16.9 Å². The predicted octanol–water partition coefficient (Wildman–Crippen LogP) is 2.30. The summed E-state index contributed by atoms with van der Waals surface area (Å²) in [6.07, 6.45) is 0.451. The number of carbonyl (C=O) groups is 2. The lowest BCUT2D eigenvalue weighted by molar-refractivity contribution is -0.116. The summed E-state index contributed by atoms with van der Waals surface area (Å²) in [5.74, 6) is -0.125. The third-order valence-electron chi connectivity index (χ3n) is 2.14. The van der Waals surface area contributed by atoms with Gasteiger partial charge in [0.15, 0.2) is 0 Å². The molecular formula is C12H16N2O2. The molecule has 1 aromatic rings. The molecule has 0 saturated heterocycles. The first-order valence-corrected chi connectivity index (χ1v) is 5.21. The van der Waals surface area contributed by atoms with Gasteiger partial charge in [-0.3, -0.25) is 9.59 Å². The van der Waals surface area contributed by atoms with Gasteiger partial charge >= 0.3 is 0 Å². The van der Waals surface area contributed by atoms with Crippen molar-refractivity contribution in [1.29, 1.82) is 0 Å². The first-order valence-electron chi connectivity index (χ1n) is 5.21. The Morgan fingerprint density at radius 3 is 2.44 bits per heavy atom. The molecular weight excluding hydrogens is 204 g/mol. The third kappa shape index (κ3) is 3.38. The Bertz CT molecular complexity index is 413. The number of aryl methyl sites for hydroxylation is 1. The van der Waals surface area contributed by atoms with E-state index in [1.165, 1.54) is 6.92 Å². The second-order valence-electron chi connectivity index (χ2n) is 3.61. The summed E-state index contributed by atoms with van der Waals surface area (Å²) in [4.78, 5) is 22.1. The molecule has 0 aromatic heterocycles. The maximum Gasteiger partial charge on any atom is 0.224 e. The Labute approximate surface area is 95.0 Å². The molecule has 0 aliphatic carbocycles. The van der Waals surface area contributed by atoms with Crippen LogP contribution < -0.4 is 10.6 Å². The first-order chi connectivity index (χ1) is 7.52. The molecule has 4 nitrogen and oxygen atoms in total. The van der Waals surface area contributed by atoms with Crippen LogP contribution in [0, 0.1) is 6.92 Å². The van der Waals surface area contributed by atoms with Crippen LogP contribution in [-0.4, -0.2) is 11.8 Å². The molecule has 0 aliphatic rings. The highest BCUT2D eigenvalue weighted by atomic mass is 16.2. The molecule has 1 rings (SSSR count). The number of rotatable bonds is 3. The topological polar surface area (TPSA) is 58.2 Å². The molecule has 16 heavy (non-hydrogen) atoms. The third-order valence-corrected chi connectivity index (χ3v) is 2.14. The molecule has 1 aromatic carbocycles. The minimum absolute atomic E-state index is 0.0216. The fraction of sp³-hybridized carbons (Fsp3) is 0.333. The summed E-state index contributed by atoms with van der Waals surface area (Å²) in [7, 11) is 0. The number of benzene rings is 1. The average Bonchev–Trinajstić information content (AvgIpc) is 2.21. The summed E-state index contributed by atoms with van der Waals surface area (Å²) in [6, 6.07) is 5.38. The van der Waals surface area contributed by atoms with E-state index in [4.69, 9.17) is 0 Å². The Balaban J connectivity index is 2.82. The summed E-state index contributed by atoms with van der Waals surface area (Å²) in [6.45, 7) is 5.15. The van der Waals surface area contributed by atoms with E-state index in [-0.39, 0.29) is 11.8 Å². The molecule has 0 bridgehead atoms. The van der Waals surface area contributed by atoms with Gasteiger partial charge in [0.2, 0.25) is 11.8 Å². The van der Waals surface area contributed by atoms with Gasteiger partial charge in [0, 0.05) is 24.7 Å². The molecule has 86 valence electrons. The lowest BCUT2D eigenvalue weighted by Crippen LogP contribution is -2.11. The Kier molecular flexibility index (Phi) is 4.05. The van der Waals surface area contributed by atoms with Gasteiger partial charge in [0.25, 0.3) is 0 Å². The molecule has 2 N–H and O–H groups in total. The van der Waals surface area contributed by atoms with Gasteiger partial charge in [-0.05, 0) is 30.7 Å². The fourth-order valence-electron chi connectivity index (χ4n) is 1.32. The van der Waals surface area contributed by atoms with Crippen LogP contribution in [0.3, 0.4) is 0 Å². The van der Waals surface area contributed by atoms with Crippen molar-refractivity contribution in [3.05, 3.63) is 23.8 Å². The quantitative estimate of drug-likeness (QED) is 0.821. The molecule has 0 saturated carbocycles. The van der Waals surface area contributed by atoms with Crippen molar-refractivity contribution in [2.24, 2.45) is 0 Å². The van der Waals surface area contributed by atoms with E-state index in [1.54, 1.807) is 19.1 Å². The van der Waals surface area contributed by atoms with Gasteiger partial charge in [-0.2, -0.15) is 0 Å². The second kappa shape index (κ2) is 5.30. The average molecular weight is 220 g/mol. The fourth-order valence-corrected chi connectivity index (χ4v) is 1.32. The van der Waals surface area contributed by atoms with Crippen molar-refractivity contribution in [1.82, 2.24) is 0 Å². The van der Waals surface area contributed by atoms with Crippen LogP contribution in [0.4, 0.5) is 11.4 Å². The summed E-state index contributed by atoms with van der Waals surface area (Å²) in [5.41, 5.74) is 2.43. The molecule has 0 fully saturated rings. The SMILES string of the molecule is CCC(=O)Nc1ccc(NC(C)=O)c(C)c1. The van der Waals surface area contributed by atoms with Crippen LogP contribution in [0.15, 0.2) is 18.2 Å². The smallest absolute Gasteiger partial charge is 0.224 e. The van der Waals surface area contributed by atoms with Crippen LogP contribution in [0.5, 0.6) is 0 Å². The van der Waals surface area contributed by atoms with Crippen LogP contribution in [0.2, 0.25) is 0 Å². The van der Waals surface area contributed by atoms with E-state index in [2.05, 4.69) is 10.6 Å². The minimum atomic E-state index is -0.103. The number of carbonyl (C=O) groups excluding carboxylic acids is 2. The van der Waals surface area contributed by atoms with Crippen LogP contribution in [0.25, 0.3) is 0 Å². The summed E-state index contributed by atoms with van der Waals surface area (Å²) >= 11 is 0. The Morgan fingerprint density at radius 1 is 1.25 bits per heavy atom. The van der Waals surface area contributed by atoms with Gasteiger partial charge in [-0.1, -0.05) is 6.92 Å². The maximum absolute atomic E-state index is 11.2. The highest BCUT2D eigenvalue weighted by Crippen LogP contribution is 2.19. The van der Waals surface area contributed by atoms with Crippen molar-refractivity contribution >= 4 is 23.2 Å². The molecule has 4 heteroatoms. The molecule has 2 amide bonds. The molecule has 0 radical (unpaired) electrons. The largest absolute Gasteiger partial charge is 0.326 e. The lowest BCUT2D eigenvalue weighted by Gasteiger charge is -2.09. The van der Waals surface area contributed by atoms with Crippen molar-refractivity contribution in [3.8, 4) is 0 Å². The van der Waals surface area contributed by atoms with E-state index in [0.29, 0.717) is 6.42 Å². The zero-order valence-corrected chi connectivity index (χ0v) is 9.76. The number of anilines is 2. The molecule has 0 unspecified atom stereocenters. The van der Waals surface area contributed by atoms with Crippen LogP contribution in [0.1, 0.15) is 25.8 Å². The molecule has 0 atom stereocenters. The van der Waals surface area contributed by atoms with Gasteiger partial charge in [0.05, 0.1) is 0 Å². The van der Waals surface area contributed by atoms with Crippen molar-refractivity contribution < 1.29 is 9.59 Å². The number of hydrogen-bond donors (Lipinski definition) is 2. The van der Waals surface area contributed by atoms with Crippen molar-refractivity contribution in [2.45, 2.75) is 27.2 Å². The first kappa shape index (κ1) is 12.2. The van der Waals surface area contributed by atoms with E-state index < -0.39 is 0 Å². The Hall–Kier alpha value is -1.84. The molecule has 0 aliphatic heterocycles. The van der Waals surface area contributed by atoms with Gasteiger partial charge in [-0.25, -0.2) is 0 Å². The standard InChI is InChI=1S/C12H16N2O2/c1-4-12(16)14-10-5-6-11(8(2)7-10)13-9(3)15/h5-7H,4H2,1-3H3,(H,13,15)(H,14,16). The normalized spacial score (nSPS) is 9.69. The molecule has 0 heterocycles. The summed E-state index contributed by atoms with van der Waals surface area (Å²) < 4.78 is 0. The van der Waals surface area contributed by atoms with Crippen LogP contribution >= 0.6 is 0 Å². The van der Waals surface area contributed by atoms with Crippen molar-refractivity contribution in [3.63, 3.8) is 0 Å². The van der Waals surface area contributed by atoms with E-state index >= 15 is 0 Å². The zero-order valence-electron chi connectivity index (χ0n) is 9.76. The summed E-state index contributed by atoms with van der Waals surface area (Å²) in [5, 5.41) is 5.48. The van der Waals surface area contributed by atoms with Gasteiger partial charge in [-0.15, -0.1) is 0 Å². The minimum Gasteiger partial charge on any atom is -0.326 e. The number of hydrogen-bond acceptors (Lipinski definition) is 2. The number of amides is 2. The van der Waals surface area contributed by atoms with Gasteiger partial charge in [0.1, 0.15) is 0 Å². The monoisotopic (exact) mass is 220 g/mol. The molecule has 0 spiro atoms. The van der Waals surface area contributed by atoms with E-state index in [1.807, 2.05) is 13.0 Å². The van der Waals surface area contributed by atoms with Crippen molar-refractivity contribution in [2.75, 3.05) is 10.6 Å². The lowest BCUT2D eigenvalue weighted by atomic mass is 10.1. The zero-order chi connectivity index (χ0) is 12.1. The van der Waals surface area contributed by atoms with Crippen LogP contribution in [-0.2, 0) is 9.59 Å². The highest BCUT2D eigenvalue weighted by Gasteiger charge is 2.03. The second-order valence-corrected chi connectivity index (χ2v) is 3.61. The van der Waals surface area contributed by atoms with E-state index in [9.17, 15) is 9.59 Å². The van der Waals surface area contributed by atoms with Gasteiger partial charge < -0.3 is 10.6 Å². The number of nitrogens with one attached hydrogen (secondary N) is 2. The Morgan fingerprint density at radius 2 is 1.94 bits per heavy atom. The maximum atomic E-state index is 11.2. The predicted molar refractivity (Wildman–Crippen MR) is 64.4 cm³/mol.